The van der Waals surface area contributed by atoms with Gasteiger partial charge in [0.15, 0.2) is 0 Å². The lowest BCUT2D eigenvalue weighted by molar-refractivity contribution is -0.140. The van der Waals surface area contributed by atoms with Crippen LogP contribution in [0.3, 0.4) is 0 Å². The molecular weight excluding hydrogens is 360 g/mol. The summed E-state index contributed by atoms with van der Waals surface area (Å²) in [5, 5.41) is 0. The van der Waals surface area contributed by atoms with E-state index in [2.05, 4.69) is 11.0 Å². The summed E-state index contributed by atoms with van der Waals surface area (Å²) < 4.78 is 21.9. The monoisotopic (exact) mass is 390 g/mol. The highest BCUT2D eigenvalue weighted by molar-refractivity contribution is 5.82. The number of morpholine rings is 1. The summed E-state index contributed by atoms with van der Waals surface area (Å²) in [4.78, 5) is 16.9. The van der Waals surface area contributed by atoms with Gasteiger partial charge in [0.2, 0.25) is 5.91 Å². The van der Waals surface area contributed by atoms with E-state index in [1.807, 2.05) is 24.0 Å². The summed E-state index contributed by atoms with van der Waals surface area (Å²) in [5.74, 6) is 2.33. The zero-order valence-electron chi connectivity index (χ0n) is 17.2. The first kappa shape index (κ1) is 20.5. The predicted octanol–water partition coefficient (Wildman–Crippen LogP) is 2.05. The van der Waals surface area contributed by atoms with E-state index in [1.165, 1.54) is 5.57 Å². The first-order chi connectivity index (χ1) is 13.6. The number of carbonyl (C=O) groups is 1. The maximum Gasteiger partial charge on any atom is 0.239 e. The lowest BCUT2D eigenvalue weighted by Gasteiger charge is -2.36. The van der Waals surface area contributed by atoms with Gasteiger partial charge in [-0.15, -0.1) is 0 Å². The molecule has 0 aliphatic carbocycles. The maximum atomic E-state index is 12.8. The number of hydrogen-bond donors (Lipinski definition) is 0. The molecule has 2 heterocycles. The molecule has 0 radical (unpaired) electrons. The molecule has 0 N–H and O–H groups in total. The van der Waals surface area contributed by atoms with Crippen molar-refractivity contribution < 1.29 is 23.7 Å². The number of benzene rings is 1. The number of carbonyl (C=O) groups excluding carboxylic acids is 1. The lowest BCUT2D eigenvalue weighted by atomic mass is 9.96. The van der Waals surface area contributed by atoms with E-state index in [9.17, 15) is 4.79 Å². The molecule has 2 aliphatic rings. The van der Waals surface area contributed by atoms with E-state index in [0.717, 1.165) is 30.0 Å². The average Bonchev–Trinajstić information content (AvgIpc) is 2.77. The molecule has 1 aromatic carbocycles. The molecule has 1 fully saturated rings. The minimum Gasteiger partial charge on any atom is -0.496 e. The largest absolute Gasteiger partial charge is 0.496 e. The van der Waals surface area contributed by atoms with Gasteiger partial charge in [0.05, 0.1) is 46.1 Å². The third-order valence-electron chi connectivity index (χ3n) is 5.50. The second-order valence-electron chi connectivity index (χ2n) is 6.99. The summed E-state index contributed by atoms with van der Waals surface area (Å²) in [5.41, 5.74) is 2.12. The second-order valence-corrected chi connectivity index (χ2v) is 6.99. The Morgan fingerprint density at radius 3 is 2.18 bits per heavy atom. The predicted molar refractivity (Wildman–Crippen MR) is 107 cm³/mol. The SMILES string of the molecule is COc1cc(OC)c(C2=CCN(C(C)C(=O)N3CCOCC3)CC2)c(OC)c1. The van der Waals surface area contributed by atoms with E-state index < -0.39 is 0 Å². The van der Waals surface area contributed by atoms with Crippen LogP contribution in [0.2, 0.25) is 0 Å². The van der Waals surface area contributed by atoms with Crippen LogP contribution >= 0.6 is 0 Å². The Morgan fingerprint density at radius 1 is 1.04 bits per heavy atom. The Labute approximate surface area is 166 Å². The lowest BCUT2D eigenvalue weighted by Crippen LogP contribution is -2.51. The molecule has 7 heteroatoms. The highest BCUT2D eigenvalue weighted by atomic mass is 16.5. The van der Waals surface area contributed by atoms with Crippen molar-refractivity contribution in [3.8, 4) is 17.2 Å². The van der Waals surface area contributed by atoms with Gasteiger partial charge in [0.25, 0.3) is 0 Å². The fourth-order valence-corrected chi connectivity index (χ4v) is 3.79. The van der Waals surface area contributed by atoms with Crippen LogP contribution in [0.1, 0.15) is 18.9 Å². The molecule has 1 atom stereocenters. The van der Waals surface area contributed by atoms with Gasteiger partial charge in [0.1, 0.15) is 17.2 Å². The van der Waals surface area contributed by atoms with Crippen LogP contribution in [-0.4, -0.2) is 82.5 Å². The summed E-state index contributed by atoms with van der Waals surface area (Å²) in [6, 6.07) is 3.60. The normalized spacial score (nSPS) is 19.0. The van der Waals surface area contributed by atoms with Crippen molar-refractivity contribution in [2.45, 2.75) is 19.4 Å². The topological polar surface area (TPSA) is 60.5 Å². The Bertz CT molecular complexity index is 703. The van der Waals surface area contributed by atoms with E-state index in [-0.39, 0.29) is 11.9 Å². The summed E-state index contributed by atoms with van der Waals surface area (Å²) in [6.07, 6.45) is 2.99. The molecule has 3 rings (SSSR count). The zero-order valence-corrected chi connectivity index (χ0v) is 17.2. The summed E-state index contributed by atoms with van der Waals surface area (Å²) in [7, 11) is 4.92. The summed E-state index contributed by atoms with van der Waals surface area (Å²) in [6.45, 7) is 6.12. The van der Waals surface area contributed by atoms with E-state index in [4.69, 9.17) is 18.9 Å². The van der Waals surface area contributed by atoms with Gasteiger partial charge >= 0.3 is 0 Å². The van der Waals surface area contributed by atoms with Gasteiger partial charge in [-0.3, -0.25) is 9.69 Å². The third-order valence-corrected chi connectivity index (χ3v) is 5.50. The molecule has 154 valence electrons. The first-order valence-electron chi connectivity index (χ1n) is 9.69. The fourth-order valence-electron chi connectivity index (χ4n) is 3.79. The molecule has 0 aromatic heterocycles. The van der Waals surface area contributed by atoms with E-state index in [1.54, 1.807) is 21.3 Å². The molecule has 1 aromatic rings. The van der Waals surface area contributed by atoms with Crippen molar-refractivity contribution in [1.82, 2.24) is 9.80 Å². The van der Waals surface area contributed by atoms with Crippen LogP contribution in [0, 0.1) is 0 Å². The Balaban J connectivity index is 1.75. The standard InChI is InChI=1S/C21H30N2O5/c1-15(21(24)23-9-11-28-12-10-23)22-7-5-16(6-8-22)20-18(26-3)13-17(25-2)14-19(20)27-4/h5,13-15H,6-12H2,1-4H3. The van der Waals surface area contributed by atoms with Gasteiger partial charge < -0.3 is 23.8 Å². The summed E-state index contributed by atoms with van der Waals surface area (Å²) >= 11 is 0. The number of methoxy groups -OCH3 is 3. The van der Waals surface area contributed by atoms with Crippen molar-refractivity contribution in [1.29, 1.82) is 0 Å². The Morgan fingerprint density at radius 2 is 1.68 bits per heavy atom. The number of hydrogen-bond acceptors (Lipinski definition) is 6. The zero-order chi connectivity index (χ0) is 20.1. The van der Waals surface area contributed by atoms with Crippen molar-refractivity contribution in [3.05, 3.63) is 23.8 Å². The van der Waals surface area contributed by atoms with Gasteiger partial charge in [-0.1, -0.05) is 6.08 Å². The molecule has 0 spiro atoms. The smallest absolute Gasteiger partial charge is 0.239 e. The van der Waals surface area contributed by atoms with E-state index in [0.29, 0.717) is 38.6 Å². The van der Waals surface area contributed by atoms with Crippen LogP contribution in [0.25, 0.3) is 5.57 Å². The Kier molecular flexibility index (Phi) is 6.80. The number of nitrogens with zero attached hydrogens (tertiary/aromatic N) is 2. The van der Waals surface area contributed by atoms with E-state index >= 15 is 0 Å². The van der Waals surface area contributed by atoms with Crippen molar-refractivity contribution >= 4 is 11.5 Å². The average molecular weight is 390 g/mol. The molecule has 0 bridgehead atoms. The maximum absolute atomic E-state index is 12.8. The molecule has 1 unspecified atom stereocenters. The van der Waals surface area contributed by atoms with Crippen molar-refractivity contribution in [2.24, 2.45) is 0 Å². The van der Waals surface area contributed by atoms with Gasteiger partial charge in [-0.2, -0.15) is 0 Å². The highest BCUT2D eigenvalue weighted by Gasteiger charge is 2.29. The second kappa shape index (κ2) is 9.30. The first-order valence-corrected chi connectivity index (χ1v) is 9.69. The molecule has 0 saturated carbocycles. The molecule has 1 saturated heterocycles. The van der Waals surface area contributed by atoms with Gasteiger partial charge in [-0.05, 0) is 18.9 Å². The number of amides is 1. The molecule has 28 heavy (non-hydrogen) atoms. The molecule has 1 amide bonds. The van der Waals surface area contributed by atoms with Crippen molar-refractivity contribution in [3.63, 3.8) is 0 Å². The highest BCUT2D eigenvalue weighted by Crippen LogP contribution is 2.41. The van der Waals surface area contributed by atoms with Gasteiger partial charge in [-0.25, -0.2) is 0 Å². The van der Waals surface area contributed by atoms with Crippen LogP contribution in [0.15, 0.2) is 18.2 Å². The van der Waals surface area contributed by atoms with Gasteiger partial charge in [0, 0.05) is 38.3 Å². The minimum absolute atomic E-state index is 0.143. The van der Waals surface area contributed by atoms with Crippen LogP contribution in [0.5, 0.6) is 17.2 Å². The van der Waals surface area contributed by atoms with Crippen LogP contribution in [-0.2, 0) is 9.53 Å². The van der Waals surface area contributed by atoms with Crippen molar-refractivity contribution in [2.75, 3.05) is 60.7 Å². The third kappa shape index (κ3) is 4.25. The number of ether oxygens (including phenoxy) is 4. The molecular formula is C21H30N2O5. The molecule has 7 nitrogen and oxygen atoms in total. The minimum atomic E-state index is -0.143. The van der Waals surface area contributed by atoms with Crippen LogP contribution in [0.4, 0.5) is 0 Å². The molecule has 2 aliphatic heterocycles. The number of rotatable bonds is 6. The Hall–Kier alpha value is -2.25. The fraction of sp³-hybridized carbons (Fsp3) is 0.571. The van der Waals surface area contributed by atoms with Crippen LogP contribution < -0.4 is 14.2 Å². The quantitative estimate of drug-likeness (QED) is 0.741.